The Morgan fingerprint density at radius 2 is 2.09 bits per heavy atom. The van der Waals surface area contributed by atoms with Crippen molar-refractivity contribution in [3.63, 3.8) is 0 Å². The highest BCUT2D eigenvalue weighted by molar-refractivity contribution is 5.90. The minimum Gasteiger partial charge on any atom is -0.473 e. The molecule has 1 saturated heterocycles. The zero-order valence-corrected chi connectivity index (χ0v) is 12.4. The summed E-state index contributed by atoms with van der Waals surface area (Å²) in [7, 11) is 0. The van der Waals surface area contributed by atoms with Gasteiger partial charge in [-0.1, -0.05) is 0 Å². The van der Waals surface area contributed by atoms with Crippen LogP contribution in [0.25, 0.3) is 22.3 Å². The molecule has 0 unspecified atom stereocenters. The minimum absolute atomic E-state index is 0.156. The van der Waals surface area contributed by atoms with Crippen molar-refractivity contribution in [1.82, 2.24) is 25.3 Å². The van der Waals surface area contributed by atoms with E-state index in [0.717, 1.165) is 31.5 Å². The second-order valence-electron chi connectivity index (χ2n) is 5.54. The highest BCUT2D eigenvalue weighted by atomic mass is 19.1. The van der Waals surface area contributed by atoms with Crippen LogP contribution < -0.4 is 10.1 Å². The van der Waals surface area contributed by atoms with Crippen LogP contribution >= 0.6 is 0 Å². The zero-order chi connectivity index (χ0) is 15.6. The summed E-state index contributed by atoms with van der Waals surface area (Å²) in [5.74, 6) is -0.0216. The van der Waals surface area contributed by atoms with Gasteiger partial charge in [0.15, 0.2) is 5.65 Å². The van der Waals surface area contributed by atoms with E-state index in [1.165, 1.54) is 12.3 Å². The average molecular weight is 313 g/mol. The van der Waals surface area contributed by atoms with Gasteiger partial charge in [0.05, 0.1) is 6.20 Å². The van der Waals surface area contributed by atoms with Crippen LogP contribution in [-0.2, 0) is 0 Å². The van der Waals surface area contributed by atoms with Crippen molar-refractivity contribution in [2.75, 3.05) is 13.1 Å². The number of aromatic amines is 1. The summed E-state index contributed by atoms with van der Waals surface area (Å²) in [6.45, 7) is 1.90. The van der Waals surface area contributed by atoms with Crippen molar-refractivity contribution < 1.29 is 9.13 Å². The van der Waals surface area contributed by atoms with E-state index in [-0.39, 0.29) is 6.10 Å². The van der Waals surface area contributed by atoms with E-state index in [2.05, 4.69) is 25.3 Å². The number of H-pyrrole nitrogens is 1. The number of aromatic nitrogens is 4. The molecule has 2 N–H and O–H groups in total. The molecule has 1 fully saturated rings. The maximum Gasteiger partial charge on any atom is 0.233 e. The number of ether oxygens (including phenoxy) is 1. The van der Waals surface area contributed by atoms with Gasteiger partial charge in [0.2, 0.25) is 11.8 Å². The maximum atomic E-state index is 13.4. The van der Waals surface area contributed by atoms with Crippen LogP contribution in [0.4, 0.5) is 4.39 Å². The largest absolute Gasteiger partial charge is 0.473 e. The van der Waals surface area contributed by atoms with Crippen molar-refractivity contribution in [2.24, 2.45) is 0 Å². The molecule has 0 radical (unpaired) electrons. The predicted octanol–water partition coefficient (Wildman–Crippen LogP) is 2.29. The number of piperidine rings is 1. The molecule has 0 aliphatic carbocycles. The van der Waals surface area contributed by atoms with Gasteiger partial charge in [0.25, 0.3) is 0 Å². The number of fused-ring (bicyclic) bond motifs is 1. The fourth-order valence-electron chi connectivity index (χ4n) is 2.81. The smallest absolute Gasteiger partial charge is 0.233 e. The Balaban J connectivity index is 1.68. The normalized spacial score (nSPS) is 15.9. The molecule has 7 heteroatoms. The molecule has 4 heterocycles. The number of rotatable bonds is 3. The zero-order valence-electron chi connectivity index (χ0n) is 12.4. The van der Waals surface area contributed by atoms with Crippen LogP contribution in [0, 0.1) is 5.95 Å². The van der Waals surface area contributed by atoms with Crippen molar-refractivity contribution in [3.8, 4) is 17.0 Å². The lowest BCUT2D eigenvalue weighted by Crippen LogP contribution is -2.34. The number of hydrogen-bond acceptors (Lipinski definition) is 5. The number of hydrogen-bond donors (Lipinski definition) is 2. The molecule has 4 rings (SSSR count). The molecule has 23 heavy (non-hydrogen) atoms. The van der Waals surface area contributed by atoms with Gasteiger partial charge in [-0.05, 0) is 37.6 Å². The first kappa shape index (κ1) is 14.1. The summed E-state index contributed by atoms with van der Waals surface area (Å²) < 4.78 is 19.3. The second-order valence-corrected chi connectivity index (χ2v) is 5.54. The molecular formula is C16H16FN5O. The third-order valence-corrected chi connectivity index (χ3v) is 3.97. The Hall–Kier alpha value is -2.54. The first-order valence-electron chi connectivity index (χ1n) is 7.63. The van der Waals surface area contributed by atoms with Gasteiger partial charge in [0.1, 0.15) is 11.6 Å². The molecule has 0 bridgehead atoms. The number of pyridine rings is 1. The van der Waals surface area contributed by atoms with E-state index in [9.17, 15) is 4.39 Å². The fraction of sp³-hybridized carbons (Fsp3) is 0.312. The van der Waals surface area contributed by atoms with Gasteiger partial charge in [-0.2, -0.15) is 4.39 Å². The van der Waals surface area contributed by atoms with Crippen molar-refractivity contribution in [1.29, 1.82) is 0 Å². The van der Waals surface area contributed by atoms with Crippen LogP contribution in [0.3, 0.4) is 0 Å². The lowest BCUT2D eigenvalue weighted by molar-refractivity contribution is 0.156. The van der Waals surface area contributed by atoms with Crippen LogP contribution in [0.2, 0.25) is 0 Å². The van der Waals surface area contributed by atoms with Gasteiger partial charge < -0.3 is 15.0 Å². The Morgan fingerprint density at radius 3 is 2.91 bits per heavy atom. The first-order chi connectivity index (χ1) is 11.3. The summed E-state index contributed by atoms with van der Waals surface area (Å²) in [4.78, 5) is 15.5. The maximum absolute atomic E-state index is 13.4. The average Bonchev–Trinajstić information content (AvgIpc) is 2.99. The molecule has 3 aromatic heterocycles. The predicted molar refractivity (Wildman–Crippen MR) is 83.6 cm³/mol. The molecule has 118 valence electrons. The number of nitrogens with zero attached hydrogens (tertiary/aromatic N) is 3. The molecule has 1 aliphatic rings. The number of halogens is 1. The van der Waals surface area contributed by atoms with Crippen LogP contribution in [0.5, 0.6) is 5.88 Å². The van der Waals surface area contributed by atoms with Gasteiger partial charge in [-0.15, -0.1) is 0 Å². The van der Waals surface area contributed by atoms with Gasteiger partial charge >= 0.3 is 0 Å². The quantitative estimate of drug-likeness (QED) is 0.726. The molecule has 3 aromatic rings. The Morgan fingerprint density at radius 1 is 1.22 bits per heavy atom. The van der Waals surface area contributed by atoms with Crippen molar-refractivity contribution in [3.05, 3.63) is 36.7 Å². The fourth-order valence-corrected chi connectivity index (χ4v) is 2.81. The molecular weight excluding hydrogens is 297 g/mol. The highest BCUT2D eigenvalue weighted by Crippen LogP contribution is 2.28. The van der Waals surface area contributed by atoms with Gasteiger partial charge in [-0.3, -0.25) is 0 Å². The monoisotopic (exact) mass is 313 g/mol. The van der Waals surface area contributed by atoms with Crippen LogP contribution in [0.1, 0.15) is 12.8 Å². The third kappa shape index (κ3) is 2.87. The van der Waals surface area contributed by atoms with E-state index in [4.69, 9.17) is 4.74 Å². The van der Waals surface area contributed by atoms with Crippen molar-refractivity contribution in [2.45, 2.75) is 18.9 Å². The summed E-state index contributed by atoms with van der Waals surface area (Å²) in [5, 5.41) is 3.30. The molecule has 1 aliphatic heterocycles. The Labute approximate surface area is 132 Å². The van der Waals surface area contributed by atoms with E-state index < -0.39 is 5.95 Å². The van der Waals surface area contributed by atoms with E-state index >= 15 is 0 Å². The second kappa shape index (κ2) is 5.92. The van der Waals surface area contributed by atoms with E-state index in [1.807, 2.05) is 0 Å². The van der Waals surface area contributed by atoms with Crippen molar-refractivity contribution >= 4 is 11.2 Å². The lowest BCUT2D eigenvalue weighted by Gasteiger charge is -2.22. The van der Waals surface area contributed by atoms with Crippen LogP contribution in [0.15, 0.2) is 30.7 Å². The number of nitrogens with one attached hydrogen (secondary N) is 2. The first-order valence-corrected chi connectivity index (χ1v) is 7.63. The molecule has 0 saturated carbocycles. The summed E-state index contributed by atoms with van der Waals surface area (Å²) in [6.07, 6.45) is 6.89. The van der Waals surface area contributed by atoms with Gasteiger partial charge in [0, 0.05) is 24.0 Å². The van der Waals surface area contributed by atoms with Crippen LogP contribution in [-0.4, -0.2) is 39.1 Å². The molecule has 6 nitrogen and oxygen atoms in total. The topological polar surface area (TPSA) is 75.7 Å². The highest BCUT2D eigenvalue weighted by Gasteiger charge is 2.17. The Kier molecular flexibility index (Phi) is 3.63. The summed E-state index contributed by atoms with van der Waals surface area (Å²) >= 11 is 0. The van der Waals surface area contributed by atoms with E-state index in [0.29, 0.717) is 22.6 Å². The van der Waals surface area contributed by atoms with E-state index in [1.54, 1.807) is 18.5 Å². The van der Waals surface area contributed by atoms with Gasteiger partial charge in [-0.25, -0.2) is 15.0 Å². The summed E-state index contributed by atoms with van der Waals surface area (Å²) in [5.41, 5.74) is 2.80. The minimum atomic E-state index is -0.521. The third-order valence-electron chi connectivity index (χ3n) is 3.97. The lowest BCUT2D eigenvalue weighted by atomic mass is 10.1. The SMILES string of the molecule is Fc1cc(-c2c[nH]c3ncc(OC4CCNCC4)nc23)ccn1. The molecule has 0 atom stereocenters. The molecule has 0 spiro atoms. The Bertz CT molecular complexity index is 828. The molecule has 0 aromatic carbocycles. The molecule has 0 amide bonds. The standard InChI is InChI=1S/C16H16FN5O/c17-13-7-10(1-6-19-13)12-8-20-16-15(12)22-14(9-21-16)23-11-2-4-18-5-3-11/h1,6-9,11,18H,2-5H2,(H,20,21). The summed E-state index contributed by atoms with van der Waals surface area (Å²) in [6, 6.07) is 3.12.